The zero-order valence-corrected chi connectivity index (χ0v) is 15.1. The van der Waals surface area contributed by atoms with Crippen molar-refractivity contribution in [1.29, 1.82) is 0 Å². The number of hydrogen-bond acceptors (Lipinski definition) is 3. The molecule has 134 valence electrons. The minimum Gasteiger partial charge on any atom is -0.393 e. The fourth-order valence-corrected chi connectivity index (χ4v) is 3.25. The summed E-state index contributed by atoms with van der Waals surface area (Å²) in [4.78, 5) is 0. The average molecular weight is 337 g/mol. The van der Waals surface area contributed by atoms with Crippen molar-refractivity contribution in [3.63, 3.8) is 0 Å². The molecule has 0 amide bonds. The van der Waals surface area contributed by atoms with Gasteiger partial charge in [-0.3, -0.25) is 4.55 Å². The van der Waals surface area contributed by atoms with Crippen LogP contribution in [-0.2, 0) is 10.1 Å². The maximum Gasteiger partial charge on any atom is 0.264 e. The predicted molar refractivity (Wildman–Crippen MR) is 92.7 cm³/mol. The highest BCUT2D eigenvalue weighted by molar-refractivity contribution is 7.85. The summed E-state index contributed by atoms with van der Waals surface area (Å²) in [5.41, 5.74) is 0. The quantitative estimate of drug-likeness (QED) is 0.316. The first-order valence-corrected chi connectivity index (χ1v) is 10.7. The van der Waals surface area contributed by atoms with Gasteiger partial charge in [-0.05, 0) is 19.3 Å². The fourth-order valence-electron chi connectivity index (χ4n) is 2.68. The number of hydrogen-bond donors (Lipinski definition) is 2. The Kier molecular flexibility index (Phi) is 14.4. The zero-order valence-electron chi connectivity index (χ0n) is 14.3. The van der Waals surface area contributed by atoms with E-state index in [0.717, 1.165) is 38.5 Å². The van der Waals surface area contributed by atoms with Crippen LogP contribution in [0.25, 0.3) is 0 Å². The van der Waals surface area contributed by atoms with Gasteiger partial charge in [-0.25, -0.2) is 0 Å². The van der Waals surface area contributed by atoms with Crippen LogP contribution in [0.2, 0.25) is 0 Å². The molecule has 0 aliphatic carbocycles. The molecule has 22 heavy (non-hydrogen) atoms. The summed E-state index contributed by atoms with van der Waals surface area (Å²) in [6, 6.07) is 0. The average Bonchev–Trinajstić information content (AvgIpc) is 2.44. The third-order valence-electron chi connectivity index (χ3n) is 4.08. The fraction of sp³-hybridized carbons (Fsp3) is 1.00. The lowest BCUT2D eigenvalue weighted by Gasteiger charge is -2.10. The van der Waals surface area contributed by atoms with E-state index in [1.54, 1.807) is 0 Å². The summed E-state index contributed by atoms with van der Waals surface area (Å²) >= 11 is 0. The number of unbranched alkanes of at least 4 members (excludes halogenated alkanes) is 10. The molecule has 0 aliphatic rings. The van der Waals surface area contributed by atoms with Crippen molar-refractivity contribution in [2.45, 2.75) is 103 Å². The lowest BCUT2D eigenvalue weighted by atomic mass is 10.0. The topological polar surface area (TPSA) is 74.6 Å². The molecule has 0 saturated heterocycles. The number of aliphatic hydroxyl groups is 1. The van der Waals surface area contributed by atoms with Crippen molar-refractivity contribution >= 4 is 10.1 Å². The lowest BCUT2D eigenvalue weighted by Crippen LogP contribution is -2.06. The maximum atomic E-state index is 10.5. The van der Waals surface area contributed by atoms with Crippen LogP contribution in [0.3, 0.4) is 0 Å². The van der Waals surface area contributed by atoms with E-state index in [-0.39, 0.29) is 11.9 Å². The first kappa shape index (κ1) is 21.9. The highest BCUT2D eigenvalue weighted by Crippen LogP contribution is 2.14. The Morgan fingerprint density at radius 1 is 0.727 bits per heavy atom. The van der Waals surface area contributed by atoms with Gasteiger partial charge < -0.3 is 5.11 Å². The van der Waals surface area contributed by atoms with Crippen molar-refractivity contribution in [1.82, 2.24) is 0 Å². The zero-order chi connectivity index (χ0) is 16.7. The molecule has 1 unspecified atom stereocenters. The third-order valence-corrected chi connectivity index (χ3v) is 4.89. The Hall–Kier alpha value is -0.130. The molecule has 5 heteroatoms. The molecule has 0 aliphatic heterocycles. The van der Waals surface area contributed by atoms with Crippen LogP contribution in [0, 0.1) is 0 Å². The van der Waals surface area contributed by atoms with Crippen LogP contribution in [0.5, 0.6) is 0 Å². The van der Waals surface area contributed by atoms with E-state index in [9.17, 15) is 13.5 Å². The molecule has 0 saturated carbocycles. The van der Waals surface area contributed by atoms with Gasteiger partial charge in [-0.1, -0.05) is 77.6 Å². The third kappa shape index (κ3) is 17.9. The predicted octanol–water partition coefficient (Wildman–Crippen LogP) is 4.72. The van der Waals surface area contributed by atoms with Gasteiger partial charge in [0.1, 0.15) is 0 Å². The summed E-state index contributed by atoms with van der Waals surface area (Å²) in [7, 11) is -3.80. The van der Waals surface area contributed by atoms with Gasteiger partial charge in [0, 0.05) is 0 Å². The molecule has 0 bridgehead atoms. The molecule has 0 aromatic carbocycles. The SMILES string of the molecule is CCCCCCCCCCC(O)CCCCCCS(=O)(=O)O. The molecule has 0 spiro atoms. The highest BCUT2D eigenvalue weighted by atomic mass is 32.2. The van der Waals surface area contributed by atoms with Gasteiger partial charge in [0.15, 0.2) is 0 Å². The van der Waals surface area contributed by atoms with Gasteiger partial charge in [-0.15, -0.1) is 0 Å². The van der Waals surface area contributed by atoms with Crippen LogP contribution in [0.1, 0.15) is 96.8 Å². The minimum absolute atomic E-state index is 0.145. The van der Waals surface area contributed by atoms with Crippen LogP contribution in [0.15, 0.2) is 0 Å². The second-order valence-electron chi connectivity index (χ2n) is 6.41. The second kappa shape index (κ2) is 14.5. The standard InChI is InChI=1S/C17H36O4S/c1-2-3-4-5-6-7-8-11-14-17(18)15-12-9-10-13-16-22(19,20)21/h17-18H,2-16H2,1H3,(H,19,20,21). The van der Waals surface area contributed by atoms with E-state index in [2.05, 4.69) is 6.92 Å². The first-order chi connectivity index (χ1) is 10.5. The summed E-state index contributed by atoms with van der Waals surface area (Å²) in [6.07, 6.45) is 14.9. The Morgan fingerprint density at radius 3 is 1.59 bits per heavy atom. The Morgan fingerprint density at radius 2 is 1.14 bits per heavy atom. The van der Waals surface area contributed by atoms with Crippen LogP contribution < -0.4 is 0 Å². The van der Waals surface area contributed by atoms with E-state index in [4.69, 9.17) is 4.55 Å². The van der Waals surface area contributed by atoms with Crippen LogP contribution in [-0.4, -0.2) is 29.9 Å². The molecule has 0 heterocycles. The van der Waals surface area contributed by atoms with Gasteiger partial charge in [0.05, 0.1) is 11.9 Å². The van der Waals surface area contributed by atoms with E-state index >= 15 is 0 Å². The summed E-state index contributed by atoms with van der Waals surface area (Å²) in [5.74, 6) is -0.145. The molecule has 0 fully saturated rings. The maximum absolute atomic E-state index is 10.5. The molecule has 0 radical (unpaired) electrons. The molecule has 2 N–H and O–H groups in total. The van der Waals surface area contributed by atoms with E-state index in [1.165, 1.54) is 44.9 Å². The summed E-state index contributed by atoms with van der Waals surface area (Å²) in [5, 5.41) is 9.87. The number of rotatable bonds is 16. The van der Waals surface area contributed by atoms with Crippen molar-refractivity contribution < 1.29 is 18.1 Å². The van der Waals surface area contributed by atoms with Crippen molar-refractivity contribution in [3.05, 3.63) is 0 Å². The van der Waals surface area contributed by atoms with E-state index < -0.39 is 10.1 Å². The molecule has 0 aromatic heterocycles. The molecule has 0 aromatic rings. The van der Waals surface area contributed by atoms with Gasteiger partial charge >= 0.3 is 0 Å². The molecule has 0 rings (SSSR count). The summed E-state index contributed by atoms with van der Waals surface area (Å²) < 4.78 is 29.7. The van der Waals surface area contributed by atoms with Crippen LogP contribution in [0.4, 0.5) is 0 Å². The van der Waals surface area contributed by atoms with Gasteiger partial charge in [-0.2, -0.15) is 8.42 Å². The molecule has 4 nitrogen and oxygen atoms in total. The molecular weight excluding hydrogens is 300 g/mol. The normalized spacial score (nSPS) is 13.4. The first-order valence-electron chi connectivity index (χ1n) is 9.09. The Balaban J connectivity index is 3.24. The lowest BCUT2D eigenvalue weighted by molar-refractivity contribution is 0.147. The Bertz CT molecular complexity index is 328. The molecule has 1 atom stereocenters. The minimum atomic E-state index is -3.80. The van der Waals surface area contributed by atoms with Crippen molar-refractivity contribution in [3.8, 4) is 0 Å². The molecular formula is C17H36O4S. The van der Waals surface area contributed by atoms with Gasteiger partial charge in [0.2, 0.25) is 0 Å². The number of aliphatic hydroxyl groups excluding tert-OH is 1. The highest BCUT2D eigenvalue weighted by Gasteiger charge is 2.05. The van der Waals surface area contributed by atoms with Crippen LogP contribution >= 0.6 is 0 Å². The smallest absolute Gasteiger partial charge is 0.264 e. The van der Waals surface area contributed by atoms with Crippen molar-refractivity contribution in [2.24, 2.45) is 0 Å². The van der Waals surface area contributed by atoms with E-state index in [0.29, 0.717) is 6.42 Å². The van der Waals surface area contributed by atoms with E-state index in [1.807, 2.05) is 0 Å². The second-order valence-corrected chi connectivity index (χ2v) is 7.98. The largest absolute Gasteiger partial charge is 0.393 e. The summed E-state index contributed by atoms with van der Waals surface area (Å²) in [6.45, 7) is 2.23. The monoisotopic (exact) mass is 336 g/mol. The van der Waals surface area contributed by atoms with Gasteiger partial charge in [0.25, 0.3) is 10.1 Å². The Labute approximate surface area is 137 Å². The van der Waals surface area contributed by atoms with Crippen molar-refractivity contribution in [2.75, 3.05) is 5.75 Å².